The maximum Gasteiger partial charge on any atom is 0.191 e. The van der Waals surface area contributed by atoms with E-state index in [4.69, 9.17) is 4.74 Å². The number of nitrogens with one attached hydrogen (secondary N) is 2. The summed E-state index contributed by atoms with van der Waals surface area (Å²) >= 11 is 1.82. The fourth-order valence-corrected chi connectivity index (χ4v) is 4.00. The molecule has 26 heavy (non-hydrogen) atoms. The number of guanidine groups is 1. The average molecular weight is 494 g/mol. The van der Waals surface area contributed by atoms with E-state index in [0.29, 0.717) is 0 Å². The molecule has 5 nitrogen and oxygen atoms in total. The molecule has 7 heteroatoms. The highest BCUT2D eigenvalue weighted by Gasteiger charge is 2.23. The minimum absolute atomic E-state index is 0. The second-order valence-electron chi connectivity index (χ2n) is 7.45. The summed E-state index contributed by atoms with van der Waals surface area (Å²) in [5.41, 5.74) is 0.110. The van der Waals surface area contributed by atoms with Gasteiger partial charge in [-0.25, -0.2) is 0 Å². The predicted octanol–water partition coefficient (Wildman–Crippen LogP) is 3.17. The van der Waals surface area contributed by atoms with Crippen LogP contribution in [-0.2, 0) is 10.2 Å². The molecule has 1 aliphatic rings. The van der Waals surface area contributed by atoms with Gasteiger partial charge in [0, 0.05) is 44.1 Å². The molecule has 0 saturated carbocycles. The van der Waals surface area contributed by atoms with Gasteiger partial charge in [-0.2, -0.15) is 0 Å². The molecule has 1 aromatic rings. The molecule has 1 fully saturated rings. The van der Waals surface area contributed by atoms with Crippen LogP contribution < -0.4 is 10.6 Å². The monoisotopic (exact) mass is 494 g/mol. The summed E-state index contributed by atoms with van der Waals surface area (Å²) in [5, 5.41) is 9.15. The van der Waals surface area contributed by atoms with E-state index >= 15 is 0 Å². The second-order valence-corrected chi connectivity index (χ2v) is 8.39. The third-order valence-corrected chi connectivity index (χ3v) is 6.22. The first-order valence-corrected chi connectivity index (χ1v) is 10.1. The summed E-state index contributed by atoms with van der Waals surface area (Å²) in [5.74, 6) is 1.63. The van der Waals surface area contributed by atoms with E-state index in [0.717, 1.165) is 38.1 Å². The number of methoxy groups -OCH3 is 1. The van der Waals surface area contributed by atoms with Crippen LogP contribution in [0.25, 0.3) is 0 Å². The Morgan fingerprint density at radius 3 is 2.65 bits per heavy atom. The number of hydrogen-bond donors (Lipinski definition) is 2. The van der Waals surface area contributed by atoms with Gasteiger partial charge < -0.3 is 20.3 Å². The predicted molar refractivity (Wildman–Crippen MR) is 123 cm³/mol. The Morgan fingerprint density at radius 1 is 1.35 bits per heavy atom. The van der Waals surface area contributed by atoms with Crippen LogP contribution in [0.5, 0.6) is 0 Å². The van der Waals surface area contributed by atoms with Gasteiger partial charge in [0.25, 0.3) is 0 Å². The average Bonchev–Trinajstić information content (AvgIpc) is 3.16. The molecular formula is C19H35IN4OS. The lowest BCUT2D eigenvalue weighted by molar-refractivity contribution is 0.121. The molecule has 2 rings (SSSR count). The quantitative estimate of drug-likeness (QED) is 0.331. The van der Waals surface area contributed by atoms with Gasteiger partial charge in [-0.3, -0.25) is 4.99 Å². The van der Waals surface area contributed by atoms with Crippen LogP contribution in [0, 0.1) is 5.92 Å². The summed E-state index contributed by atoms with van der Waals surface area (Å²) < 4.78 is 5.17. The van der Waals surface area contributed by atoms with Crippen molar-refractivity contribution >= 4 is 41.3 Å². The van der Waals surface area contributed by atoms with Crippen LogP contribution in [0.1, 0.15) is 31.6 Å². The summed E-state index contributed by atoms with van der Waals surface area (Å²) in [6.07, 6.45) is 2.49. The van der Waals surface area contributed by atoms with Crippen molar-refractivity contribution in [2.24, 2.45) is 10.9 Å². The van der Waals surface area contributed by atoms with Crippen LogP contribution in [0.2, 0.25) is 0 Å². The minimum Gasteiger partial charge on any atom is -0.383 e. The minimum atomic E-state index is 0. The van der Waals surface area contributed by atoms with Gasteiger partial charge in [-0.1, -0.05) is 19.9 Å². The number of piperidine rings is 1. The van der Waals surface area contributed by atoms with Gasteiger partial charge in [0.1, 0.15) is 0 Å². The highest BCUT2D eigenvalue weighted by molar-refractivity contribution is 14.0. The molecule has 0 amide bonds. The number of halogens is 1. The molecule has 0 radical (unpaired) electrons. The van der Waals surface area contributed by atoms with Crippen molar-refractivity contribution in [1.29, 1.82) is 0 Å². The van der Waals surface area contributed by atoms with Gasteiger partial charge in [-0.15, -0.1) is 35.3 Å². The normalized spacial score (nSPS) is 17.0. The number of thiophene rings is 1. The molecule has 0 spiro atoms. The number of likely N-dealkylation sites (tertiary alicyclic amines) is 1. The molecule has 1 aliphatic heterocycles. The zero-order valence-corrected chi connectivity index (χ0v) is 19.7. The van der Waals surface area contributed by atoms with Crippen LogP contribution in [0.15, 0.2) is 22.5 Å². The molecule has 2 N–H and O–H groups in total. The smallest absolute Gasteiger partial charge is 0.191 e. The molecular weight excluding hydrogens is 459 g/mol. The van der Waals surface area contributed by atoms with Gasteiger partial charge >= 0.3 is 0 Å². The lowest BCUT2D eigenvalue weighted by atomic mass is 9.91. The third-order valence-electron chi connectivity index (χ3n) is 4.99. The molecule has 1 saturated heterocycles. The highest BCUT2D eigenvalue weighted by Crippen LogP contribution is 2.26. The number of ether oxygens (including phenoxy) is 1. The van der Waals surface area contributed by atoms with Crippen molar-refractivity contribution in [3.05, 3.63) is 22.4 Å². The van der Waals surface area contributed by atoms with Gasteiger partial charge in [0.05, 0.1) is 6.61 Å². The number of rotatable bonds is 8. The Kier molecular flexibility index (Phi) is 11.1. The lowest BCUT2D eigenvalue weighted by Gasteiger charge is -2.32. The Hall–Kier alpha value is -0.380. The largest absolute Gasteiger partial charge is 0.383 e. The van der Waals surface area contributed by atoms with Gasteiger partial charge in [0.2, 0.25) is 0 Å². The van der Waals surface area contributed by atoms with Crippen molar-refractivity contribution in [2.45, 2.75) is 32.1 Å². The van der Waals surface area contributed by atoms with E-state index in [9.17, 15) is 0 Å². The summed E-state index contributed by atoms with van der Waals surface area (Å²) in [6.45, 7) is 10.7. The van der Waals surface area contributed by atoms with Crippen molar-refractivity contribution < 1.29 is 4.74 Å². The molecule has 0 aliphatic carbocycles. The third kappa shape index (κ3) is 7.70. The summed E-state index contributed by atoms with van der Waals surface area (Å²) in [7, 11) is 3.62. The maximum atomic E-state index is 5.17. The van der Waals surface area contributed by atoms with Crippen LogP contribution in [0.3, 0.4) is 0 Å². The SMILES string of the molecule is CN=C(NCC1CCN(CCOC)CC1)NCC(C)(C)c1cccs1.I. The first-order chi connectivity index (χ1) is 12.0. The Labute approximate surface area is 180 Å². The summed E-state index contributed by atoms with van der Waals surface area (Å²) in [6, 6.07) is 4.33. The van der Waals surface area contributed by atoms with E-state index in [-0.39, 0.29) is 29.4 Å². The van der Waals surface area contributed by atoms with E-state index in [1.54, 1.807) is 7.11 Å². The first kappa shape index (κ1) is 23.7. The zero-order chi connectivity index (χ0) is 18.1. The molecule has 0 atom stereocenters. The van der Waals surface area contributed by atoms with Crippen molar-refractivity contribution in [3.8, 4) is 0 Å². The van der Waals surface area contributed by atoms with Gasteiger partial charge in [-0.05, 0) is 43.3 Å². The highest BCUT2D eigenvalue weighted by atomic mass is 127. The molecule has 0 bridgehead atoms. The van der Waals surface area contributed by atoms with Crippen LogP contribution >= 0.6 is 35.3 Å². The molecule has 0 aromatic carbocycles. The van der Waals surface area contributed by atoms with Crippen LogP contribution in [-0.4, -0.2) is 64.3 Å². The Bertz CT molecular complexity index is 514. The molecule has 2 heterocycles. The topological polar surface area (TPSA) is 48.9 Å². The van der Waals surface area contributed by atoms with Crippen molar-refractivity contribution in [2.75, 3.05) is 53.5 Å². The fourth-order valence-electron chi connectivity index (χ4n) is 3.15. The standard InChI is InChI=1S/C19H34N4OS.HI/c1-19(2,17-6-5-13-25-17)15-22-18(20-3)21-14-16-7-9-23(10-8-16)11-12-24-4;/h5-6,13,16H,7-12,14-15H2,1-4H3,(H2,20,21,22);1H. The number of hydrogen-bond acceptors (Lipinski definition) is 4. The van der Waals surface area contributed by atoms with E-state index < -0.39 is 0 Å². The Balaban J connectivity index is 0.00000338. The lowest BCUT2D eigenvalue weighted by Crippen LogP contribution is -2.46. The van der Waals surface area contributed by atoms with E-state index in [1.807, 2.05) is 18.4 Å². The van der Waals surface area contributed by atoms with Gasteiger partial charge in [0.15, 0.2) is 5.96 Å². The molecule has 1 aromatic heterocycles. The van der Waals surface area contributed by atoms with Crippen molar-refractivity contribution in [1.82, 2.24) is 15.5 Å². The van der Waals surface area contributed by atoms with Crippen molar-refractivity contribution in [3.63, 3.8) is 0 Å². The zero-order valence-electron chi connectivity index (χ0n) is 16.6. The number of aliphatic imine (C=N–C) groups is 1. The second kappa shape index (κ2) is 12.2. The van der Waals surface area contributed by atoms with E-state index in [1.165, 1.54) is 30.8 Å². The maximum absolute atomic E-state index is 5.17. The Morgan fingerprint density at radius 2 is 2.08 bits per heavy atom. The summed E-state index contributed by atoms with van der Waals surface area (Å²) in [4.78, 5) is 8.28. The first-order valence-electron chi connectivity index (χ1n) is 9.25. The number of nitrogens with zero attached hydrogens (tertiary/aromatic N) is 2. The van der Waals surface area contributed by atoms with Crippen LogP contribution in [0.4, 0.5) is 0 Å². The molecule has 0 unspecified atom stereocenters. The molecule has 150 valence electrons. The van der Waals surface area contributed by atoms with E-state index in [2.05, 4.69) is 51.9 Å². The fraction of sp³-hybridized carbons (Fsp3) is 0.737.